The molecular formula is C50H44N2O2S. The number of nitrogens with zero attached hydrogens (tertiary/aromatic N) is 2. The normalized spacial score (nSPS) is 18.3. The molecule has 272 valence electrons. The molecule has 2 fully saturated rings. The molecule has 0 aliphatic heterocycles. The Morgan fingerprint density at radius 2 is 1.18 bits per heavy atom. The zero-order chi connectivity index (χ0) is 37.1. The molecule has 1 unspecified atom stereocenters. The van der Waals surface area contributed by atoms with Gasteiger partial charge >= 0.3 is 0 Å². The highest BCUT2D eigenvalue weighted by Crippen LogP contribution is 2.47. The number of fused-ring (bicyclic) bond motifs is 6. The molecule has 10 rings (SSSR count). The zero-order valence-corrected chi connectivity index (χ0v) is 31.9. The molecule has 1 heterocycles. The molecule has 2 saturated carbocycles. The van der Waals surface area contributed by atoms with Gasteiger partial charge in [-0.15, -0.1) is 0 Å². The first kappa shape index (κ1) is 33.9. The predicted octanol–water partition coefficient (Wildman–Crippen LogP) is 12.9. The van der Waals surface area contributed by atoms with E-state index in [2.05, 4.69) is 131 Å². The third-order valence-electron chi connectivity index (χ3n) is 12.4. The van der Waals surface area contributed by atoms with Gasteiger partial charge in [0.15, 0.2) is 0 Å². The van der Waals surface area contributed by atoms with Crippen LogP contribution in [0.15, 0.2) is 168 Å². The van der Waals surface area contributed by atoms with Gasteiger partial charge in [0.1, 0.15) is 0 Å². The van der Waals surface area contributed by atoms with Crippen LogP contribution in [0.1, 0.15) is 43.2 Å². The lowest BCUT2D eigenvalue weighted by molar-refractivity contribution is 0.259. The largest absolute Gasteiger partial charge is 0.310 e. The maximum atomic E-state index is 14.6. The fourth-order valence-corrected chi connectivity index (χ4v) is 11.7. The molecule has 0 saturated heterocycles. The van der Waals surface area contributed by atoms with Crippen LogP contribution in [0.3, 0.4) is 0 Å². The van der Waals surface area contributed by atoms with E-state index in [1.165, 1.54) is 53.9 Å². The Kier molecular flexibility index (Phi) is 8.37. The number of hydrogen-bond donors (Lipinski definition) is 0. The predicted molar refractivity (Wildman–Crippen MR) is 227 cm³/mol. The molecular weight excluding hydrogens is 693 g/mol. The molecule has 4 nitrogen and oxygen atoms in total. The van der Waals surface area contributed by atoms with E-state index in [4.69, 9.17) is 0 Å². The number of hydrogen-bond acceptors (Lipinski definition) is 3. The van der Waals surface area contributed by atoms with Crippen molar-refractivity contribution in [2.75, 3.05) is 4.90 Å². The highest BCUT2D eigenvalue weighted by molar-refractivity contribution is 7.91. The molecule has 0 spiro atoms. The first-order chi connectivity index (χ1) is 26.9. The van der Waals surface area contributed by atoms with Crippen LogP contribution in [0, 0.1) is 24.7 Å². The first-order valence-corrected chi connectivity index (χ1v) is 21.2. The van der Waals surface area contributed by atoms with E-state index in [0.29, 0.717) is 15.7 Å². The fourth-order valence-electron chi connectivity index (χ4n) is 10.0. The van der Waals surface area contributed by atoms with E-state index in [-0.39, 0.29) is 0 Å². The minimum atomic E-state index is -3.76. The number of anilines is 3. The maximum absolute atomic E-state index is 14.6. The summed E-state index contributed by atoms with van der Waals surface area (Å²) in [6.45, 7) is 1.89. The van der Waals surface area contributed by atoms with E-state index in [0.717, 1.165) is 62.9 Å². The van der Waals surface area contributed by atoms with Gasteiger partial charge in [0.05, 0.1) is 26.5 Å². The van der Waals surface area contributed by atoms with Crippen LogP contribution in [-0.4, -0.2) is 13.0 Å². The fraction of sp³-hybridized carbons (Fsp3) is 0.200. The van der Waals surface area contributed by atoms with Gasteiger partial charge in [-0.05, 0) is 134 Å². The zero-order valence-electron chi connectivity index (χ0n) is 31.1. The number of aromatic nitrogens is 1. The molecule has 5 heteroatoms. The van der Waals surface area contributed by atoms with Crippen LogP contribution in [0.2, 0.25) is 0 Å². The lowest BCUT2D eigenvalue weighted by atomic mass is 9.78. The second kappa shape index (κ2) is 13.6. The Hall–Kier alpha value is -5.65. The van der Waals surface area contributed by atoms with Crippen molar-refractivity contribution < 1.29 is 8.42 Å². The summed E-state index contributed by atoms with van der Waals surface area (Å²) < 4.78 is 31.5. The maximum Gasteiger partial charge on any atom is 0.207 e. The molecule has 2 aliphatic rings. The van der Waals surface area contributed by atoms with Crippen molar-refractivity contribution in [1.82, 2.24) is 4.57 Å². The van der Waals surface area contributed by atoms with Crippen molar-refractivity contribution in [3.63, 3.8) is 0 Å². The number of sulfone groups is 1. The smallest absolute Gasteiger partial charge is 0.207 e. The number of para-hydroxylation sites is 2. The SMILES string of the molecule is Cc1ccccc1S(=O)(=O)c1ccc(N(c2ccc(-n3c4ccccc4c4ccccc43)cc2)c2cccc3ccccc23)cc1CC1C[C@H]2CC[C@@H](C1)C2. The Morgan fingerprint density at radius 1 is 0.582 bits per heavy atom. The van der Waals surface area contributed by atoms with Crippen LogP contribution in [-0.2, 0) is 16.3 Å². The van der Waals surface area contributed by atoms with Crippen molar-refractivity contribution in [2.45, 2.75) is 55.2 Å². The molecule has 1 aromatic heterocycles. The highest BCUT2D eigenvalue weighted by atomic mass is 32.2. The summed E-state index contributed by atoms with van der Waals surface area (Å²) >= 11 is 0. The topological polar surface area (TPSA) is 42.3 Å². The number of rotatable bonds is 8. The van der Waals surface area contributed by atoms with Gasteiger partial charge in [0.25, 0.3) is 0 Å². The summed E-state index contributed by atoms with van der Waals surface area (Å²) in [5.74, 6) is 2.01. The van der Waals surface area contributed by atoms with Gasteiger partial charge in [0.2, 0.25) is 9.84 Å². The van der Waals surface area contributed by atoms with Crippen molar-refractivity contribution in [2.24, 2.45) is 17.8 Å². The van der Waals surface area contributed by atoms with Gasteiger partial charge in [-0.2, -0.15) is 0 Å². The van der Waals surface area contributed by atoms with Crippen LogP contribution in [0.5, 0.6) is 0 Å². The second-order valence-electron chi connectivity index (χ2n) is 15.9. The van der Waals surface area contributed by atoms with E-state index in [9.17, 15) is 8.42 Å². The van der Waals surface area contributed by atoms with Crippen molar-refractivity contribution in [3.8, 4) is 5.69 Å². The quantitative estimate of drug-likeness (QED) is 0.156. The molecule has 55 heavy (non-hydrogen) atoms. The summed E-state index contributed by atoms with van der Waals surface area (Å²) in [6.07, 6.45) is 7.09. The lowest BCUT2D eigenvalue weighted by Crippen LogP contribution is -2.19. The standard InChI is InChI=1S/C50H44N2O2S/c1-34-11-2-9-20-49(34)55(53,54)50-28-27-42(33-39(50)32-37-30-35-21-22-36(29-35)31-37)51(46-19-10-13-38-12-3-4-14-43(38)46)40-23-25-41(26-24-40)52-47-17-7-5-15-44(47)45-16-6-8-18-48(45)52/h2-20,23-28,33,35-37H,21-22,29-32H2,1H3/t35-,36+,37?. The molecule has 0 radical (unpaired) electrons. The van der Waals surface area contributed by atoms with Gasteiger partial charge in [-0.25, -0.2) is 8.42 Å². The average Bonchev–Trinajstić information content (AvgIpc) is 3.74. The third kappa shape index (κ3) is 5.93. The highest BCUT2D eigenvalue weighted by Gasteiger charge is 2.35. The summed E-state index contributed by atoms with van der Waals surface area (Å²) in [6, 6.07) is 54.5. The van der Waals surface area contributed by atoms with Crippen molar-refractivity contribution >= 4 is 59.5 Å². The third-order valence-corrected chi connectivity index (χ3v) is 14.4. The molecule has 0 amide bonds. The van der Waals surface area contributed by atoms with Crippen LogP contribution in [0.25, 0.3) is 38.3 Å². The Morgan fingerprint density at radius 3 is 1.89 bits per heavy atom. The van der Waals surface area contributed by atoms with E-state index in [1.54, 1.807) is 6.07 Å². The molecule has 0 N–H and O–H groups in total. The Labute approximate surface area is 323 Å². The van der Waals surface area contributed by atoms with Gasteiger partial charge in [-0.1, -0.05) is 104 Å². The van der Waals surface area contributed by atoms with E-state index >= 15 is 0 Å². The number of aryl methyl sites for hydroxylation is 1. The Bertz CT molecular complexity index is 2770. The molecule has 8 aromatic rings. The van der Waals surface area contributed by atoms with E-state index < -0.39 is 9.84 Å². The van der Waals surface area contributed by atoms with E-state index in [1.807, 2.05) is 37.3 Å². The minimum Gasteiger partial charge on any atom is -0.310 e. The second-order valence-corrected chi connectivity index (χ2v) is 17.8. The first-order valence-electron chi connectivity index (χ1n) is 19.7. The van der Waals surface area contributed by atoms with Crippen LogP contribution >= 0.6 is 0 Å². The molecule has 2 bridgehead atoms. The molecule has 3 atom stereocenters. The summed E-state index contributed by atoms with van der Waals surface area (Å²) in [7, 11) is -3.76. The molecule has 2 aliphatic carbocycles. The summed E-state index contributed by atoms with van der Waals surface area (Å²) in [5.41, 5.74) is 8.15. The average molecular weight is 737 g/mol. The van der Waals surface area contributed by atoms with Crippen molar-refractivity contribution in [1.29, 1.82) is 0 Å². The van der Waals surface area contributed by atoms with Gasteiger partial charge < -0.3 is 9.47 Å². The Balaban J connectivity index is 1.14. The van der Waals surface area contributed by atoms with Crippen LogP contribution in [0.4, 0.5) is 17.1 Å². The lowest BCUT2D eigenvalue weighted by Gasteiger charge is -2.30. The summed E-state index contributed by atoms with van der Waals surface area (Å²) in [4.78, 5) is 3.14. The summed E-state index contributed by atoms with van der Waals surface area (Å²) in [5, 5.41) is 4.76. The minimum absolute atomic E-state index is 0.388. The van der Waals surface area contributed by atoms with Gasteiger partial charge in [0, 0.05) is 33.2 Å². The number of benzene rings is 7. The molecule has 7 aromatic carbocycles. The van der Waals surface area contributed by atoms with Crippen molar-refractivity contribution in [3.05, 3.63) is 169 Å². The van der Waals surface area contributed by atoms with Crippen LogP contribution < -0.4 is 4.90 Å². The van der Waals surface area contributed by atoms with Gasteiger partial charge in [-0.3, -0.25) is 0 Å². The monoisotopic (exact) mass is 736 g/mol.